The van der Waals surface area contributed by atoms with Crippen molar-refractivity contribution in [2.24, 2.45) is 0 Å². The van der Waals surface area contributed by atoms with E-state index in [2.05, 4.69) is 0 Å². The number of hydrogen-bond acceptors (Lipinski definition) is 0. The van der Waals surface area contributed by atoms with E-state index in [0.717, 1.165) is 0 Å². The van der Waals surface area contributed by atoms with E-state index in [9.17, 15) is 24.6 Å². The average molecular weight is 408 g/mol. The van der Waals surface area contributed by atoms with E-state index in [0.29, 0.717) is 0 Å². The van der Waals surface area contributed by atoms with Crippen LogP contribution in [0.25, 0.3) is 0 Å². The molecule has 0 N–H and O–H groups in total. The second kappa shape index (κ2) is 3.96. The third-order valence-corrected chi connectivity index (χ3v) is 0. The van der Waals surface area contributed by atoms with Crippen LogP contribution in [0.5, 0.6) is 0 Å². The second-order valence-corrected chi connectivity index (χ2v) is 3.21. The fourth-order valence-electron chi connectivity index (χ4n) is 0. The zero-order valence-corrected chi connectivity index (χ0v) is 18.3. The van der Waals surface area contributed by atoms with Crippen LogP contribution in [0, 0.1) is 0 Å². The normalized spacial score (nSPS) is 18.0. The molecule has 0 amide bonds. The molecule has 0 saturated carbocycles. The van der Waals surface area contributed by atoms with Gasteiger partial charge in [-0.05, 0) is 0 Å². The molecule has 48 valence electrons. The van der Waals surface area contributed by atoms with Gasteiger partial charge in [-0.25, -0.2) is 0 Å². The summed E-state index contributed by atoms with van der Waals surface area (Å²) in [4.78, 5) is 0. The molecule has 0 aliphatic carbocycles. The minimum absolute atomic E-state index is 0. The molecule has 0 rings (SSSR count). The summed E-state index contributed by atoms with van der Waals surface area (Å²) in [7, 11) is -10.8. The third kappa shape index (κ3) is 76.7. The van der Waals surface area contributed by atoms with Gasteiger partial charge in [-0.15, -0.1) is 0 Å². The van der Waals surface area contributed by atoms with Crippen LogP contribution in [-0.2, 0) is 0 Å². The van der Waals surface area contributed by atoms with Crippen molar-refractivity contribution in [2.45, 2.75) is 0 Å². The summed E-state index contributed by atoms with van der Waals surface area (Å²) in [5, 5.41) is 0. The molecule has 0 saturated heterocycles. The molecular formula is Cs2F6Si. The van der Waals surface area contributed by atoms with Crippen molar-refractivity contribution in [1.29, 1.82) is 0 Å². The Bertz CT molecular complexity index is 69.6. The molecule has 0 bridgehead atoms. The van der Waals surface area contributed by atoms with Crippen LogP contribution in [0.4, 0.5) is 24.6 Å². The number of hydrogen-bond donors (Lipinski definition) is 0. The molecule has 0 atom stereocenters. The monoisotopic (exact) mass is 408 g/mol. The summed E-state index contributed by atoms with van der Waals surface area (Å²) in [6.45, 7) is 0. The Balaban J connectivity index is -0.000000180. The van der Waals surface area contributed by atoms with Crippen LogP contribution in [0.2, 0.25) is 0 Å². The molecule has 0 aromatic rings. The molecule has 0 aromatic heterocycles. The largest absolute Gasteiger partial charge is 1.00 e. The maximum atomic E-state index is 9.88. The topological polar surface area (TPSA) is 0 Å². The minimum atomic E-state index is -10.8. The van der Waals surface area contributed by atoms with Gasteiger partial charge in [0.2, 0.25) is 0 Å². The molecule has 0 radical (unpaired) electrons. The van der Waals surface area contributed by atoms with Crippen molar-refractivity contribution in [1.82, 2.24) is 0 Å². The van der Waals surface area contributed by atoms with Gasteiger partial charge in [0.15, 0.2) is 0 Å². The van der Waals surface area contributed by atoms with E-state index in [1.165, 1.54) is 0 Å². The summed E-state index contributed by atoms with van der Waals surface area (Å²) in [5.74, 6) is 0. The minimum Gasteiger partial charge on any atom is 1.00 e. The van der Waals surface area contributed by atoms with Crippen molar-refractivity contribution >= 4 is 8.63 Å². The number of rotatable bonds is 0. The van der Waals surface area contributed by atoms with Crippen LogP contribution in [-0.4, -0.2) is 8.63 Å². The van der Waals surface area contributed by atoms with Gasteiger partial charge in [-0.3, -0.25) is 0 Å². The van der Waals surface area contributed by atoms with Gasteiger partial charge in [-0.1, -0.05) is 0 Å². The molecule has 9 heteroatoms. The van der Waals surface area contributed by atoms with E-state index in [4.69, 9.17) is 0 Å². The molecule has 0 unspecified atom stereocenters. The van der Waals surface area contributed by atoms with Gasteiger partial charge in [0, 0.05) is 0 Å². The SMILES string of the molecule is F[Si-2](F)(F)(F)(F)F.[Cs+].[Cs+]. The van der Waals surface area contributed by atoms with E-state index < -0.39 is 8.63 Å². The molecule has 0 aliphatic rings. The van der Waals surface area contributed by atoms with Crippen molar-refractivity contribution in [2.75, 3.05) is 0 Å². The first kappa shape index (κ1) is 18.6. The van der Waals surface area contributed by atoms with Crippen molar-refractivity contribution in [3.8, 4) is 0 Å². The van der Waals surface area contributed by atoms with E-state index >= 15 is 0 Å². The average Bonchev–Trinajstić information content (AvgIpc) is 0.592. The predicted molar refractivity (Wildman–Crippen MR) is 12.4 cm³/mol. The van der Waals surface area contributed by atoms with Gasteiger partial charge in [0.05, 0.1) is 0 Å². The van der Waals surface area contributed by atoms with Crippen LogP contribution in [0.3, 0.4) is 0 Å². The summed E-state index contributed by atoms with van der Waals surface area (Å²) in [6, 6.07) is 0. The van der Waals surface area contributed by atoms with E-state index in [-0.39, 0.29) is 138 Å². The number of halogens is 6. The van der Waals surface area contributed by atoms with Crippen molar-refractivity contribution in [3.63, 3.8) is 0 Å². The fourth-order valence-corrected chi connectivity index (χ4v) is 0. The van der Waals surface area contributed by atoms with Gasteiger partial charge in [0.25, 0.3) is 0 Å². The van der Waals surface area contributed by atoms with Gasteiger partial charge >= 0.3 is 171 Å². The molecule has 0 aliphatic heterocycles. The Hall–Kier alpha value is 3.90. The van der Waals surface area contributed by atoms with Crippen LogP contribution < -0.4 is 138 Å². The zero-order chi connectivity index (χ0) is 6.41. The Kier molecular flexibility index (Phi) is 8.20. The van der Waals surface area contributed by atoms with Gasteiger partial charge in [-0.2, -0.15) is 0 Å². The van der Waals surface area contributed by atoms with Crippen LogP contribution in [0.1, 0.15) is 0 Å². The second-order valence-electron chi connectivity index (χ2n) is 1.07. The van der Waals surface area contributed by atoms with Crippen molar-refractivity contribution in [3.05, 3.63) is 0 Å². The first-order valence-electron chi connectivity index (χ1n) is 1.13. The first-order chi connectivity index (χ1) is 2.45. The Morgan fingerprint density at radius 1 is 0.556 bits per heavy atom. The van der Waals surface area contributed by atoms with Crippen LogP contribution in [0.15, 0.2) is 0 Å². The zero-order valence-electron chi connectivity index (χ0n) is 4.77. The molecule has 0 heterocycles. The quantitative estimate of drug-likeness (QED) is 0.219. The summed E-state index contributed by atoms with van der Waals surface area (Å²) in [5.41, 5.74) is 0. The van der Waals surface area contributed by atoms with Gasteiger partial charge < -0.3 is 0 Å². The van der Waals surface area contributed by atoms with E-state index in [1.807, 2.05) is 0 Å². The Morgan fingerprint density at radius 3 is 0.556 bits per heavy atom. The molecule has 0 nitrogen and oxygen atoms in total. The standard InChI is InChI=1S/2Cs.F6Si/c;;1-7(2,3,4,5)6/q2*+1;-2. The smallest absolute Gasteiger partial charge is 1.00 e. The fraction of sp³-hybridized carbons (Fsp3) is 0. The maximum absolute atomic E-state index is 10.8. The van der Waals surface area contributed by atoms with Crippen LogP contribution >= 0.6 is 0 Å². The molecule has 0 fully saturated rings. The Labute approximate surface area is 165 Å². The van der Waals surface area contributed by atoms with Gasteiger partial charge in [0.1, 0.15) is 0 Å². The molecule has 0 spiro atoms. The summed E-state index contributed by atoms with van der Waals surface area (Å²) in [6.07, 6.45) is 0. The first-order valence-corrected chi connectivity index (χ1v) is 3.40. The van der Waals surface area contributed by atoms with Crippen molar-refractivity contribution < 1.29 is 162 Å². The summed E-state index contributed by atoms with van der Waals surface area (Å²) < 4.78 is 59.3. The van der Waals surface area contributed by atoms with E-state index in [1.54, 1.807) is 0 Å². The summed E-state index contributed by atoms with van der Waals surface area (Å²) >= 11 is 0. The Morgan fingerprint density at radius 2 is 0.556 bits per heavy atom. The third-order valence-electron chi connectivity index (χ3n) is 0. The molecular weight excluding hydrogens is 408 g/mol. The predicted octanol–water partition coefficient (Wildman–Crippen LogP) is -3.85. The maximum Gasteiger partial charge on any atom is 1.00 e. The molecule has 9 heavy (non-hydrogen) atoms. The molecule has 0 aromatic carbocycles.